The predicted molar refractivity (Wildman–Crippen MR) is 110 cm³/mol. The lowest BCUT2D eigenvalue weighted by atomic mass is 10.0. The first-order valence-electron chi connectivity index (χ1n) is 8.44. The van der Waals surface area contributed by atoms with Gasteiger partial charge >= 0.3 is 6.03 Å². The van der Waals surface area contributed by atoms with E-state index in [0.717, 1.165) is 5.56 Å². The third-order valence-corrected chi connectivity index (χ3v) is 4.23. The van der Waals surface area contributed by atoms with Crippen LogP contribution in [0.5, 0.6) is 0 Å². The van der Waals surface area contributed by atoms with Crippen LogP contribution in [-0.4, -0.2) is 35.5 Å². The normalized spacial score (nSPS) is 11.4. The number of aliphatic hydroxyl groups is 1. The molecule has 0 spiro atoms. The molecule has 28 heavy (non-hydrogen) atoms. The van der Waals surface area contributed by atoms with E-state index >= 15 is 0 Å². The molecule has 0 aromatic heterocycles. The van der Waals surface area contributed by atoms with Crippen LogP contribution in [0.15, 0.2) is 48.5 Å². The molecule has 2 rings (SSSR count). The summed E-state index contributed by atoms with van der Waals surface area (Å²) in [5.74, 6) is -0.687. The van der Waals surface area contributed by atoms with Crippen molar-refractivity contribution in [2.75, 3.05) is 11.9 Å². The second kappa shape index (κ2) is 10.7. The second-order valence-corrected chi connectivity index (χ2v) is 6.80. The minimum absolute atomic E-state index is 0.132. The number of hydrogen-bond acceptors (Lipinski definition) is 4. The van der Waals surface area contributed by atoms with Crippen molar-refractivity contribution in [3.63, 3.8) is 0 Å². The molecule has 0 aliphatic rings. The minimum Gasteiger partial charge on any atom is -0.396 e. The third kappa shape index (κ3) is 7.19. The highest BCUT2D eigenvalue weighted by atomic mass is 35.5. The molecule has 2 aromatic carbocycles. The quantitative estimate of drug-likeness (QED) is 0.348. The molecule has 0 saturated heterocycles. The smallest absolute Gasteiger partial charge is 0.319 e. The van der Waals surface area contributed by atoms with E-state index in [1.807, 2.05) is 0 Å². The van der Waals surface area contributed by atoms with Gasteiger partial charge in [0.1, 0.15) is 5.84 Å². The van der Waals surface area contributed by atoms with E-state index in [2.05, 4.69) is 16.0 Å². The van der Waals surface area contributed by atoms with Crippen LogP contribution in [-0.2, 0) is 11.2 Å². The lowest BCUT2D eigenvalue weighted by molar-refractivity contribution is -0.120. The summed E-state index contributed by atoms with van der Waals surface area (Å²) in [7, 11) is 0. The monoisotopic (exact) mass is 422 g/mol. The zero-order valence-corrected chi connectivity index (χ0v) is 16.3. The molecule has 0 bridgehead atoms. The van der Waals surface area contributed by atoms with Gasteiger partial charge in [-0.3, -0.25) is 10.2 Å². The minimum atomic E-state index is -0.795. The van der Waals surface area contributed by atoms with Gasteiger partial charge in [0.05, 0.1) is 19.1 Å². The van der Waals surface area contributed by atoms with Crippen molar-refractivity contribution in [3.8, 4) is 0 Å². The van der Waals surface area contributed by atoms with Gasteiger partial charge in [-0.2, -0.15) is 0 Å². The maximum absolute atomic E-state index is 12.3. The summed E-state index contributed by atoms with van der Waals surface area (Å²) in [5.41, 5.74) is 1.35. The molecule has 1 atom stereocenters. The van der Waals surface area contributed by atoms with Gasteiger partial charge in [-0.25, -0.2) is 4.79 Å². The molecule has 0 radical (unpaired) electrons. The average molecular weight is 423 g/mol. The number of nitrogens with one attached hydrogen (secondary N) is 4. The van der Waals surface area contributed by atoms with Gasteiger partial charge in [-0.1, -0.05) is 35.3 Å². The summed E-state index contributed by atoms with van der Waals surface area (Å²) in [6.07, 6.45) is 0.135. The number of rotatable bonds is 7. The Balaban J connectivity index is 2.08. The summed E-state index contributed by atoms with van der Waals surface area (Å²) >= 11 is 11.7. The van der Waals surface area contributed by atoms with Gasteiger partial charge in [-0.15, -0.1) is 0 Å². The van der Waals surface area contributed by atoms with Crippen molar-refractivity contribution in [1.29, 1.82) is 5.41 Å². The molecule has 1 unspecified atom stereocenters. The molecule has 0 heterocycles. The standard InChI is InChI=1S/C19H20Cl2N4O3/c20-13-3-1-12(2-4-13)11-16(18(22)25-17(27)9-10-26)24-19(28)23-15-7-5-14(21)6-8-15/h1-8,16,26H,9-11H2,(H2,22,25,27)(H2,23,24,28). The summed E-state index contributed by atoms with van der Waals surface area (Å²) in [4.78, 5) is 24.0. The maximum atomic E-state index is 12.3. The zero-order valence-electron chi connectivity index (χ0n) is 14.8. The molecule has 0 aliphatic heterocycles. The van der Waals surface area contributed by atoms with Crippen LogP contribution >= 0.6 is 23.2 Å². The Morgan fingerprint density at radius 1 is 1.00 bits per heavy atom. The van der Waals surface area contributed by atoms with E-state index in [9.17, 15) is 9.59 Å². The Morgan fingerprint density at radius 2 is 1.57 bits per heavy atom. The van der Waals surface area contributed by atoms with Gasteiger partial charge in [0, 0.05) is 15.7 Å². The molecular formula is C19H20Cl2N4O3. The molecular weight excluding hydrogens is 403 g/mol. The first-order chi connectivity index (χ1) is 13.4. The average Bonchev–Trinajstić information content (AvgIpc) is 2.65. The van der Waals surface area contributed by atoms with Crippen LogP contribution in [0.1, 0.15) is 12.0 Å². The topological polar surface area (TPSA) is 114 Å². The second-order valence-electron chi connectivity index (χ2n) is 5.92. The predicted octanol–water partition coefficient (Wildman–Crippen LogP) is 3.20. The largest absolute Gasteiger partial charge is 0.396 e. The van der Waals surface area contributed by atoms with E-state index in [-0.39, 0.29) is 25.3 Å². The fraction of sp³-hybridized carbons (Fsp3) is 0.211. The Kier molecular flexibility index (Phi) is 8.25. The highest BCUT2D eigenvalue weighted by Gasteiger charge is 2.20. The molecule has 5 N–H and O–H groups in total. The lowest BCUT2D eigenvalue weighted by Gasteiger charge is -2.21. The van der Waals surface area contributed by atoms with Gasteiger partial charge in [-0.05, 0) is 48.4 Å². The van der Waals surface area contributed by atoms with Crippen molar-refractivity contribution < 1.29 is 14.7 Å². The molecule has 0 fully saturated rings. The third-order valence-electron chi connectivity index (χ3n) is 3.72. The first-order valence-corrected chi connectivity index (χ1v) is 9.19. The van der Waals surface area contributed by atoms with Crippen LogP contribution in [0.3, 0.4) is 0 Å². The van der Waals surface area contributed by atoms with E-state index in [1.54, 1.807) is 48.5 Å². The zero-order chi connectivity index (χ0) is 20.5. The van der Waals surface area contributed by atoms with Gasteiger partial charge in [0.2, 0.25) is 5.91 Å². The molecule has 3 amide bonds. The van der Waals surface area contributed by atoms with Crippen LogP contribution < -0.4 is 16.0 Å². The summed E-state index contributed by atoms with van der Waals surface area (Å²) in [6, 6.07) is 12.2. The van der Waals surface area contributed by atoms with E-state index in [4.69, 9.17) is 33.7 Å². The summed E-state index contributed by atoms with van der Waals surface area (Å²) in [5, 5.41) is 25.8. The lowest BCUT2D eigenvalue weighted by Crippen LogP contribution is -2.50. The number of benzene rings is 2. The Hall–Kier alpha value is -2.61. The van der Waals surface area contributed by atoms with E-state index in [1.165, 1.54) is 0 Å². The van der Waals surface area contributed by atoms with Crippen molar-refractivity contribution in [3.05, 3.63) is 64.1 Å². The highest BCUT2D eigenvalue weighted by molar-refractivity contribution is 6.30. The van der Waals surface area contributed by atoms with Gasteiger partial charge in [0.15, 0.2) is 0 Å². The molecule has 9 heteroatoms. The number of hydrogen-bond donors (Lipinski definition) is 5. The van der Waals surface area contributed by atoms with Crippen molar-refractivity contribution in [1.82, 2.24) is 10.6 Å². The number of amides is 3. The van der Waals surface area contributed by atoms with Gasteiger partial charge < -0.3 is 21.1 Å². The van der Waals surface area contributed by atoms with Crippen molar-refractivity contribution in [2.24, 2.45) is 0 Å². The highest BCUT2D eigenvalue weighted by Crippen LogP contribution is 2.14. The molecule has 7 nitrogen and oxygen atoms in total. The fourth-order valence-electron chi connectivity index (χ4n) is 2.34. The molecule has 148 valence electrons. The number of urea groups is 1. The number of carbonyl (C=O) groups is 2. The number of carbonyl (C=O) groups excluding carboxylic acids is 2. The van der Waals surface area contributed by atoms with Crippen LogP contribution in [0, 0.1) is 5.41 Å². The molecule has 2 aromatic rings. The Morgan fingerprint density at radius 3 is 2.14 bits per heavy atom. The summed E-state index contributed by atoms with van der Waals surface area (Å²) in [6.45, 7) is -0.328. The summed E-state index contributed by atoms with van der Waals surface area (Å²) < 4.78 is 0. The van der Waals surface area contributed by atoms with Crippen molar-refractivity contribution in [2.45, 2.75) is 18.9 Å². The number of aliphatic hydroxyl groups excluding tert-OH is 1. The van der Waals surface area contributed by atoms with Gasteiger partial charge in [0.25, 0.3) is 0 Å². The maximum Gasteiger partial charge on any atom is 0.319 e. The van der Waals surface area contributed by atoms with Crippen LogP contribution in [0.4, 0.5) is 10.5 Å². The van der Waals surface area contributed by atoms with E-state index < -0.39 is 18.0 Å². The van der Waals surface area contributed by atoms with Crippen LogP contribution in [0.25, 0.3) is 0 Å². The molecule has 0 saturated carbocycles. The van der Waals surface area contributed by atoms with E-state index in [0.29, 0.717) is 15.7 Å². The fourth-order valence-corrected chi connectivity index (χ4v) is 2.59. The van der Waals surface area contributed by atoms with Crippen molar-refractivity contribution >= 4 is 46.7 Å². The number of amidine groups is 1. The SMILES string of the molecule is N=C(NC(=O)CCO)C(Cc1ccc(Cl)cc1)NC(=O)Nc1ccc(Cl)cc1. The Labute approximate surface area is 172 Å². The number of anilines is 1. The van der Waals surface area contributed by atoms with Crippen LogP contribution in [0.2, 0.25) is 10.0 Å². The molecule has 0 aliphatic carbocycles. The number of halogens is 2. The first kappa shape index (κ1) is 21.7. The Bertz CT molecular complexity index is 826.